The van der Waals surface area contributed by atoms with Gasteiger partial charge in [-0.2, -0.15) is 13.2 Å². The largest absolute Gasteiger partial charge is 0.465 e. The molecule has 1 aliphatic heterocycles. The maximum absolute atomic E-state index is 13.8. The quantitative estimate of drug-likeness (QED) is 0.639. The third-order valence-electron chi connectivity index (χ3n) is 6.43. The van der Waals surface area contributed by atoms with Crippen LogP contribution in [0.2, 0.25) is 0 Å². The van der Waals surface area contributed by atoms with Gasteiger partial charge in [-0.15, -0.1) is 0 Å². The first-order valence-electron chi connectivity index (χ1n) is 10.4. The second kappa shape index (κ2) is 7.87. The number of benzene rings is 1. The van der Waals surface area contributed by atoms with E-state index >= 15 is 0 Å². The highest BCUT2D eigenvalue weighted by atomic mass is 19.4. The highest BCUT2D eigenvalue weighted by Crippen LogP contribution is 2.52. The fraction of sp³-hybridized carbons (Fsp3) is 0.619. The molecule has 1 aromatic carbocycles. The van der Waals surface area contributed by atoms with Gasteiger partial charge in [-0.05, 0) is 62.1 Å². The number of hydrogen-bond donors (Lipinski definition) is 1. The number of alkyl halides is 3. The fourth-order valence-electron chi connectivity index (χ4n) is 4.33. The van der Waals surface area contributed by atoms with Crippen molar-refractivity contribution in [2.24, 2.45) is 5.92 Å². The molecule has 1 heterocycles. The summed E-state index contributed by atoms with van der Waals surface area (Å²) in [6.45, 7) is 0.594. The molecule has 3 fully saturated rings. The minimum absolute atomic E-state index is 0.0223. The molecule has 0 spiro atoms. The smallest absolute Gasteiger partial charge is 0.419 e. The van der Waals surface area contributed by atoms with Crippen LogP contribution in [0.1, 0.15) is 49.7 Å². The van der Waals surface area contributed by atoms with Crippen LogP contribution in [0, 0.1) is 11.7 Å². The van der Waals surface area contributed by atoms with Crippen LogP contribution in [0.25, 0.3) is 0 Å². The average molecular weight is 444 g/mol. The summed E-state index contributed by atoms with van der Waals surface area (Å²) in [7, 11) is 0. The van der Waals surface area contributed by atoms with E-state index in [1.54, 1.807) is 0 Å². The predicted molar refractivity (Wildman–Crippen MR) is 101 cm³/mol. The van der Waals surface area contributed by atoms with Crippen molar-refractivity contribution in [2.75, 3.05) is 19.7 Å². The molecule has 170 valence electrons. The van der Waals surface area contributed by atoms with E-state index < -0.39 is 41.3 Å². The Hall–Kier alpha value is -2.52. The Morgan fingerprint density at radius 1 is 1.23 bits per heavy atom. The molecule has 3 aliphatic rings. The first-order valence-corrected chi connectivity index (χ1v) is 10.4. The highest BCUT2D eigenvalue weighted by Gasteiger charge is 2.54. The number of carbonyl (C=O) groups excluding carboxylic acids is 1. The number of carbonyl (C=O) groups is 2. The van der Waals surface area contributed by atoms with Gasteiger partial charge < -0.3 is 14.7 Å². The van der Waals surface area contributed by atoms with E-state index in [4.69, 9.17) is 4.74 Å². The van der Waals surface area contributed by atoms with Crippen molar-refractivity contribution in [1.29, 1.82) is 0 Å². The van der Waals surface area contributed by atoms with Crippen LogP contribution in [0.4, 0.5) is 27.2 Å². The van der Waals surface area contributed by atoms with Gasteiger partial charge in [0.25, 0.3) is 0 Å². The molecule has 6 nitrogen and oxygen atoms in total. The highest BCUT2D eigenvalue weighted by molar-refractivity contribution is 5.71. The molecule has 31 heavy (non-hydrogen) atoms. The Morgan fingerprint density at radius 2 is 1.94 bits per heavy atom. The SMILES string of the molecule is O=C(O)N1CCC[C@H]1CN(C(=O)OCC1CC1)C1(c2ccc(F)c(C(F)(F)F)c2)CC1. The molecule has 1 aromatic rings. The number of hydrogen-bond acceptors (Lipinski definition) is 3. The minimum Gasteiger partial charge on any atom is -0.465 e. The van der Waals surface area contributed by atoms with Crippen molar-refractivity contribution in [3.05, 3.63) is 35.1 Å². The van der Waals surface area contributed by atoms with Crippen molar-refractivity contribution in [1.82, 2.24) is 9.80 Å². The lowest BCUT2D eigenvalue weighted by Crippen LogP contribution is -2.49. The topological polar surface area (TPSA) is 70.1 Å². The zero-order chi connectivity index (χ0) is 22.4. The van der Waals surface area contributed by atoms with Gasteiger partial charge in [0.15, 0.2) is 0 Å². The molecule has 1 atom stereocenters. The van der Waals surface area contributed by atoms with Gasteiger partial charge >= 0.3 is 18.4 Å². The van der Waals surface area contributed by atoms with E-state index in [2.05, 4.69) is 0 Å². The van der Waals surface area contributed by atoms with Crippen LogP contribution in [-0.4, -0.2) is 52.8 Å². The molecular formula is C21H24F4N2O4. The maximum atomic E-state index is 13.8. The number of carboxylic acid groups (broad SMARTS) is 1. The second-order valence-electron chi connectivity index (χ2n) is 8.63. The van der Waals surface area contributed by atoms with Gasteiger partial charge in [0.2, 0.25) is 0 Å². The normalized spacial score (nSPS) is 22.3. The lowest BCUT2D eigenvalue weighted by atomic mass is 9.99. The van der Waals surface area contributed by atoms with E-state index in [-0.39, 0.29) is 18.7 Å². The molecule has 2 saturated carbocycles. The van der Waals surface area contributed by atoms with E-state index in [0.717, 1.165) is 25.0 Å². The summed E-state index contributed by atoms with van der Waals surface area (Å²) in [5, 5.41) is 9.44. The maximum Gasteiger partial charge on any atom is 0.419 e. The molecule has 1 N–H and O–H groups in total. The van der Waals surface area contributed by atoms with Crippen LogP contribution < -0.4 is 0 Å². The number of rotatable bonds is 6. The lowest BCUT2D eigenvalue weighted by molar-refractivity contribution is -0.140. The molecular weight excluding hydrogens is 420 g/mol. The molecule has 2 aliphatic carbocycles. The number of amides is 2. The van der Waals surface area contributed by atoms with E-state index in [9.17, 15) is 32.3 Å². The van der Waals surface area contributed by atoms with E-state index in [1.165, 1.54) is 15.9 Å². The first-order chi connectivity index (χ1) is 14.6. The van der Waals surface area contributed by atoms with Crippen molar-refractivity contribution < 1.29 is 37.0 Å². The van der Waals surface area contributed by atoms with Crippen molar-refractivity contribution in [2.45, 2.75) is 56.3 Å². The van der Waals surface area contributed by atoms with Gasteiger partial charge in [-0.1, -0.05) is 6.07 Å². The molecule has 0 aromatic heterocycles. The molecule has 2 amide bonds. The number of halogens is 4. The van der Waals surface area contributed by atoms with Crippen molar-refractivity contribution >= 4 is 12.2 Å². The molecule has 1 saturated heterocycles. The summed E-state index contributed by atoms with van der Waals surface area (Å²) >= 11 is 0. The molecule has 0 bridgehead atoms. The number of nitrogens with zero attached hydrogens (tertiary/aromatic N) is 2. The zero-order valence-corrected chi connectivity index (χ0v) is 16.8. The Balaban J connectivity index is 1.64. The lowest BCUT2D eigenvalue weighted by Gasteiger charge is -2.35. The van der Waals surface area contributed by atoms with Gasteiger partial charge in [0, 0.05) is 13.1 Å². The Bertz CT molecular complexity index is 867. The standard InChI is InChI=1S/C21H24F4N2O4/c22-17-6-5-14(10-16(17)21(23,24)25)20(7-8-20)27(19(30)31-12-13-3-4-13)11-15-2-1-9-26(15)18(28)29/h5-6,10,13,15H,1-4,7-9,11-12H2,(H,28,29)/t15-/m0/s1. The van der Waals surface area contributed by atoms with Crippen LogP contribution in [-0.2, 0) is 16.5 Å². The third-order valence-corrected chi connectivity index (χ3v) is 6.43. The van der Waals surface area contributed by atoms with Crippen LogP contribution in [0.3, 0.4) is 0 Å². The average Bonchev–Trinajstić information content (AvgIpc) is 3.62. The summed E-state index contributed by atoms with van der Waals surface area (Å²) < 4.78 is 59.0. The first kappa shape index (κ1) is 21.7. The number of likely N-dealkylation sites (tertiary alicyclic amines) is 1. The van der Waals surface area contributed by atoms with Gasteiger partial charge in [-0.3, -0.25) is 4.90 Å². The fourth-order valence-corrected chi connectivity index (χ4v) is 4.33. The molecule has 4 rings (SSSR count). The zero-order valence-electron chi connectivity index (χ0n) is 16.8. The summed E-state index contributed by atoms with van der Waals surface area (Å²) in [6, 6.07) is 2.33. The molecule has 0 unspecified atom stereocenters. The van der Waals surface area contributed by atoms with Crippen LogP contribution in [0.5, 0.6) is 0 Å². The van der Waals surface area contributed by atoms with Gasteiger partial charge in [-0.25, -0.2) is 14.0 Å². The predicted octanol–water partition coefficient (Wildman–Crippen LogP) is 4.82. The summed E-state index contributed by atoms with van der Waals surface area (Å²) in [4.78, 5) is 27.2. The van der Waals surface area contributed by atoms with Crippen molar-refractivity contribution in [3.63, 3.8) is 0 Å². The Kier molecular flexibility index (Phi) is 5.51. The Morgan fingerprint density at radius 3 is 2.52 bits per heavy atom. The minimum atomic E-state index is -4.86. The van der Waals surface area contributed by atoms with Gasteiger partial charge in [0.1, 0.15) is 5.82 Å². The van der Waals surface area contributed by atoms with Crippen LogP contribution >= 0.6 is 0 Å². The number of ether oxygens (including phenoxy) is 1. The van der Waals surface area contributed by atoms with Gasteiger partial charge in [0.05, 0.1) is 23.8 Å². The van der Waals surface area contributed by atoms with Crippen LogP contribution in [0.15, 0.2) is 18.2 Å². The summed E-state index contributed by atoms with van der Waals surface area (Å²) in [5.41, 5.74) is -2.25. The van der Waals surface area contributed by atoms with E-state index in [0.29, 0.717) is 38.1 Å². The monoisotopic (exact) mass is 444 g/mol. The van der Waals surface area contributed by atoms with E-state index in [1.807, 2.05) is 0 Å². The summed E-state index contributed by atoms with van der Waals surface area (Å²) in [5.74, 6) is -1.08. The van der Waals surface area contributed by atoms with Crippen molar-refractivity contribution in [3.8, 4) is 0 Å². The third kappa shape index (κ3) is 4.43. The molecule has 0 radical (unpaired) electrons. The Labute approximate surface area is 176 Å². The summed E-state index contributed by atoms with van der Waals surface area (Å²) in [6.07, 6.45) is -2.72. The second-order valence-corrected chi connectivity index (χ2v) is 8.63. The molecule has 10 heteroatoms.